The Bertz CT molecular complexity index is 1390. The van der Waals surface area contributed by atoms with Crippen LogP contribution in [0.4, 0.5) is 11.4 Å². The number of benzene rings is 2. The first kappa shape index (κ1) is 24.3. The van der Waals surface area contributed by atoms with E-state index >= 15 is 0 Å². The number of rotatable bonds is 6. The Hall–Kier alpha value is -3.74. The molecule has 2 aromatic carbocycles. The lowest BCUT2D eigenvalue weighted by molar-refractivity contribution is -0.139. The summed E-state index contributed by atoms with van der Waals surface area (Å²) in [6.07, 6.45) is 7.10. The van der Waals surface area contributed by atoms with Crippen molar-refractivity contribution in [3.63, 3.8) is 0 Å². The maximum Gasteiger partial charge on any atom is 0.316 e. The van der Waals surface area contributed by atoms with E-state index in [1.165, 1.54) is 4.90 Å². The fourth-order valence-corrected chi connectivity index (χ4v) is 7.74. The van der Waals surface area contributed by atoms with E-state index in [1.54, 1.807) is 29.2 Å². The van der Waals surface area contributed by atoms with Crippen LogP contribution in [0.3, 0.4) is 0 Å². The molecule has 0 N–H and O–H groups in total. The maximum atomic E-state index is 13.5. The Labute approximate surface area is 227 Å². The summed E-state index contributed by atoms with van der Waals surface area (Å²) in [7, 11) is 0. The van der Waals surface area contributed by atoms with Gasteiger partial charge in [0.05, 0.1) is 23.4 Å². The summed E-state index contributed by atoms with van der Waals surface area (Å²) in [6.45, 7) is 4.39. The van der Waals surface area contributed by atoms with Crippen molar-refractivity contribution in [2.24, 2.45) is 41.4 Å². The summed E-state index contributed by atoms with van der Waals surface area (Å²) >= 11 is 0. The zero-order valence-electron chi connectivity index (χ0n) is 22.2. The van der Waals surface area contributed by atoms with Gasteiger partial charge in [0.25, 0.3) is 0 Å². The van der Waals surface area contributed by atoms with Crippen LogP contribution in [-0.4, -0.2) is 30.2 Å². The molecule has 2 aliphatic heterocycles. The molecule has 0 radical (unpaired) electrons. The molecule has 4 aliphatic carbocycles. The minimum atomic E-state index is -0.595. The van der Waals surface area contributed by atoms with E-state index in [4.69, 9.17) is 4.74 Å². The zero-order valence-corrected chi connectivity index (χ0v) is 22.2. The summed E-state index contributed by atoms with van der Waals surface area (Å²) < 4.78 is 5.73. The van der Waals surface area contributed by atoms with Gasteiger partial charge < -0.3 is 9.64 Å². The van der Waals surface area contributed by atoms with Crippen molar-refractivity contribution in [1.82, 2.24) is 0 Å². The van der Waals surface area contributed by atoms with Crippen molar-refractivity contribution < 1.29 is 23.9 Å². The Balaban J connectivity index is 1.08. The van der Waals surface area contributed by atoms with Crippen molar-refractivity contribution in [3.8, 4) is 5.75 Å². The number of amides is 3. The Kier molecular flexibility index (Phi) is 5.55. The summed E-state index contributed by atoms with van der Waals surface area (Å²) in [6, 6.07) is 12.7. The molecule has 2 saturated heterocycles. The predicted molar refractivity (Wildman–Crippen MR) is 145 cm³/mol. The summed E-state index contributed by atoms with van der Waals surface area (Å²) in [4.78, 5) is 56.2. The van der Waals surface area contributed by atoms with Gasteiger partial charge in [-0.25, -0.2) is 4.90 Å². The number of carbonyl (C=O) groups is 4. The van der Waals surface area contributed by atoms with Crippen LogP contribution in [0.2, 0.25) is 0 Å². The Morgan fingerprint density at radius 1 is 0.897 bits per heavy atom. The normalized spacial score (nSPS) is 32.1. The smallest absolute Gasteiger partial charge is 0.316 e. The van der Waals surface area contributed by atoms with E-state index in [9.17, 15) is 19.2 Å². The number of para-hydroxylation sites is 1. The molecular weight excluding hydrogens is 492 g/mol. The molecule has 7 atom stereocenters. The number of nitrogens with zero attached hydrogens (tertiary/aromatic N) is 2. The third-order valence-corrected chi connectivity index (χ3v) is 9.65. The summed E-state index contributed by atoms with van der Waals surface area (Å²) in [5, 5.41) is 0. The van der Waals surface area contributed by atoms with Crippen LogP contribution in [-0.2, 0) is 32.0 Å². The van der Waals surface area contributed by atoms with Gasteiger partial charge in [0, 0.05) is 24.7 Å². The Morgan fingerprint density at radius 2 is 1.51 bits per heavy atom. The van der Waals surface area contributed by atoms with E-state index in [0.29, 0.717) is 17.5 Å². The topological polar surface area (TPSA) is 84.0 Å². The van der Waals surface area contributed by atoms with E-state index < -0.39 is 11.9 Å². The molecule has 8 rings (SSSR count). The van der Waals surface area contributed by atoms with Crippen LogP contribution in [0.1, 0.15) is 37.8 Å². The predicted octanol–water partition coefficient (Wildman–Crippen LogP) is 4.33. The van der Waals surface area contributed by atoms with Gasteiger partial charge in [0.1, 0.15) is 5.75 Å². The van der Waals surface area contributed by atoms with E-state index in [-0.39, 0.29) is 60.1 Å². The highest BCUT2D eigenvalue weighted by Crippen LogP contribution is 2.65. The molecule has 200 valence electrons. The van der Waals surface area contributed by atoms with Crippen LogP contribution in [0.15, 0.2) is 54.6 Å². The van der Waals surface area contributed by atoms with Crippen molar-refractivity contribution in [3.05, 3.63) is 65.7 Å². The largest absolute Gasteiger partial charge is 0.426 e. The Morgan fingerprint density at radius 3 is 2.13 bits per heavy atom. The second kappa shape index (κ2) is 8.90. The molecule has 0 aromatic heterocycles. The molecule has 2 bridgehead atoms. The quantitative estimate of drug-likeness (QED) is 0.243. The van der Waals surface area contributed by atoms with Gasteiger partial charge in [0.2, 0.25) is 17.7 Å². The lowest BCUT2D eigenvalue weighted by Gasteiger charge is -2.37. The SMILES string of the molecule is CCc1cccc(CC)c1N1C[C@H](C(=O)Oc2cccc(N3C(=O)[C@@H]4[C@H]5C=C[C@@H]([C@@H]6C[C@H]56)[C@@H]4C3=O)c2)CC1=O. The number of carbonyl (C=O) groups excluding carboxylic acids is 4. The number of anilines is 2. The molecule has 0 spiro atoms. The van der Waals surface area contributed by atoms with Crippen LogP contribution < -0.4 is 14.5 Å². The van der Waals surface area contributed by atoms with Gasteiger partial charge in [-0.1, -0.05) is 50.3 Å². The molecule has 7 heteroatoms. The van der Waals surface area contributed by atoms with Gasteiger partial charge >= 0.3 is 5.97 Å². The van der Waals surface area contributed by atoms with Crippen molar-refractivity contribution in [2.75, 3.05) is 16.3 Å². The minimum absolute atomic E-state index is 0.0848. The number of ether oxygens (including phenoxy) is 1. The number of esters is 1. The van der Waals surface area contributed by atoms with Crippen molar-refractivity contribution >= 4 is 35.1 Å². The number of aryl methyl sites for hydroxylation is 2. The minimum Gasteiger partial charge on any atom is -0.426 e. The van der Waals surface area contributed by atoms with Crippen LogP contribution >= 0.6 is 0 Å². The highest BCUT2D eigenvalue weighted by atomic mass is 16.5. The molecule has 7 nitrogen and oxygen atoms in total. The first-order valence-electron chi connectivity index (χ1n) is 14.2. The first-order valence-corrected chi connectivity index (χ1v) is 14.2. The van der Waals surface area contributed by atoms with E-state index in [1.807, 2.05) is 18.2 Å². The highest BCUT2D eigenvalue weighted by molar-refractivity contribution is 6.22. The first-order chi connectivity index (χ1) is 18.9. The molecule has 0 unspecified atom stereocenters. The van der Waals surface area contributed by atoms with Gasteiger partial charge in [-0.05, 0) is 66.2 Å². The summed E-state index contributed by atoms with van der Waals surface area (Å²) in [5.41, 5.74) is 3.53. The second-order valence-electron chi connectivity index (χ2n) is 11.6. The molecule has 2 saturated carbocycles. The molecule has 6 aliphatic rings. The monoisotopic (exact) mass is 524 g/mol. The molecular formula is C32H32N2O5. The lowest BCUT2D eigenvalue weighted by Crippen LogP contribution is -2.40. The van der Waals surface area contributed by atoms with E-state index in [2.05, 4.69) is 26.0 Å². The average Bonchev–Trinajstić information content (AvgIpc) is 3.63. The van der Waals surface area contributed by atoms with Crippen LogP contribution in [0.25, 0.3) is 0 Å². The zero-order chi connectivity index (χ0) is 27.0. The van der Waals surface area contributed by atoms with Gasteiger partial charge in [-0.15, -0.1) is 0 Å². The summed E-state index contributed by atoms with van der Waals surface area (Å²) in [5.74, 6) is -0.352. The van der Waals surface area contributed by atoms with Crippen LogP contribution in [0.5, 0.6) is 5.75 Å². The van der Waals surface area contributed by atoms with Gasteiger partial charge in [-0.2, -0.15) is 0 Å². The molecule has 4 fully saturated rings. The third-order valence-electron chi connectivity index (χ3n) is 9.65. The van der Waals surface area contributed by atoms with Gasteiger partial charge in [0.15, 0.2) is 0 Å². The lowest BCUT2D eigenvalue weighted by atomic mass is 9.63. The van der Waals surface area contributed by atoms with Crippen LogP contribution in [0, 0.1) is 41.4 Å². The molecule has 39 heavy (non-hydrogen) atoms. The van der Waals surface area contributed by atoms with Gasteiger partial charge in [-0.3, -0.25) is 19.2 Å². The maximum absolute atomic E-state index is 13.5. The average molecular weight is 525 g/mol. The fraction of sp³-hybridized carbons (Fsp3) is 0.438. The van der Waals surface area contributed by atoms with Crippen molar-refractivity contribution in [1.29, 1.82) is 0 Å². The van der Waals surface area contributed by atoms with Crippen molar-refractivity contribution in [2.45, 2.75) is 39.5 Å². The standard InChI is InChI=1S/C32H32N2O5/c1-3-17-7-5-8-18(4-2)29(17)33-16-19(13-26(33)35)32(38)39-21-10-6-9-20(14-21)34-30(36)27-22-11-12-23(25-15-24(22)25)28(27)31(34)37/h5-12,14,19,22-25,27-28H,3-4,13,15-16H2,1-2H3/t19-,22+,23+,24-,25+,27-,28+/m1/s1. The number of imide groups is 1. The number of hydrogen-bond donors (Lipinski definition) is 0. The highest BCUT2D eigenvalue weighted by Gasteiger charge is 2.67. The number of allylic oxidation sites excluding steroid dienone is 2. The van der Waals surface area contributed by atoms with E-state index in [0.717, 1.165) is 36.1 Å². The fourth-order valence-electron chi connectivity index (χ4n) is 7.74. The molecule has 2 heterocycles. The molecule has 3 amide bonds. The molecule has 2 aromatic rings. The third kappa shape index (κ3) is 3.62. The number of hydrogen-bond acceptors (Lipinski definition) is 5. The second-order valence-corrected chi connectivity index (χ2v) is 11.6.